The molecule has 1 aliphatic carbocycles. The summed E-state index contributed by atoms with van der Waals surface area (Å²) in [6.45, 7) is 4.58. The molecule has 1 aliphatic rings. The molecule has 0 saturated heterocycles. The lowest BCUT2D eigenvalue weighted by Crippen LogP contribution is -2.32. The molecule has 2 rings (SSSR count). The van der Waals surface area contributed by atoms with E-state index in [1.165, 1.54) is 5.56 Å². The van der Waals surface area contributed by atoms with Crippen LogP contribution in [0.4, 0.5) is 0 Å². The largest absolute Gasteiger partial charge is 0.493 e. The van der Waals surface area contributed by atoms with E-state index in [1.54, 1.807) is 14.2 Å². The van der Waals surface area contributed by atoms with Crippen molar-refractivity contribution >= 4 is 0 Å². The van der Waals surface area contributed by atoms with Gasteiger partial charge in [0.05, 0.1) is 20.3 Å². The average molecular weight is 292 g/mol. The van der Waals surface area contributed by atoms with Gasteiger partial charge in [-0.1, -0.05) is 19.9 Å². The highest BCUT2D eigenvalue weighted by Crippen LogP contribution is 2.36. The molecule has 3 heteroatoms. The summed E-state index contributed by atoms with van der Waals surface area (Å²) in [5.41, 5.74) is 1.21. The highest BCUT2D eigenvalue weighted by Gasteiger charge is 2.30. The minimum atomic E-state index is -0.173. The minimum absolute atomic E-state index is 0.173. The first-order valence-corrected chi connectivity index (χ1v) is 7.94. The number of benzene rings is 1. The summed E-state index contributed by atoms with van der Waals surface area (Å²) in [5.74, 6) is 3.31. The first kappa shape index (κ1) is 16.2. The number of hydrogen-bond acceptors (Lipinski definition) is 3. The molecule has 3 atom stereocenters. The second kappa shape index (κ2) is 7.17. The molecule has 1 aromatic rings. The van der Waals surface area contributed by atoms with E-state index in [4.69, 9.17) is 9.47 Å². The van der Waals surface area contributed by atoms with Gasteiger partial charge < -0.3 is 14.6 Å². The molecule has 1 N–H and O–H groups in total. The van der Waals surface area contributed by atoms with Crippen molar-refractivity contribution < 1.29 is 14.6 Å². The molecule has 0 heterocycles. The maximum absolute atomic E-state index is 10.3. The lowest BCUT2D eigenvalue weighted by molar-refractivity contribution is 0.0378. The Morgan fingerprint density at radius 2 is 1.86 bits per heavy atom. The van der Waals surface area contributed by atoms with Crippen LogP contribution in [0.15, 0.2) is 18.2 Å². The van der Waals surface area contributed by atoms with Gasteiger partial charge in [-0.25, -0.2) is 0 Å². The van der Waals surface area contributed by atoms with Crippen LogP contribution < -0.4 is 9.47 Å². The fourth-order valence-corrected chi connectivity index (χ4v) is 3.42. The van der Waals surface area contributed by atoms with E-state index in [1.807, 2.05) is 12.1 Å². The fourth-order valence-electron chi connectivity index (χ4n) is 3.42. The number of ether oxygens (including phenoxy) is 2. The SMILES string of the molecule is COc1ccc(CC2CC(C(C)C)CCC2O)cc1OC. The summed E-state index contributed by atoms with van der Waals surface area (Å²) in [6.07, 6.45) is 3.94. The molecule has 3 unspecified atom stereocenters. The summed E-state index contributed by atoms with van der Waals surface area (Å²) in [7, 11) is 3.31. The second-order valence-corrected chi connectivity index (χ2v) is 6.54. The van der Waals surface area contributed by atoms with E-state index in [2.05, 4.69) is 19.9 Å². The maximum Gasteiger partial charge on any atom is 0.160 e. The quantitative estimate of drug-likeness (QED) is 0.899. The van der Waals surface area contributed by atoms with Gasteiger partial charge in [0.2, 0.25) is 0 Å². The van der Waals surface area contributed by atoms with E-state index in [0.717, 1.165) is 43.1 Å². The predicted octanol–water partition coefficient (Wildman–Crippen LogP) is 3.68. The Hall–Kier alpha value is -1.22. The third-order valence-corrected chi connectivity index (χ3v) is 4.87. The molecular formula is C18H28O3. The van der Waals surface area contributed by atoms with Crippen molar-refractivity contribution in [1.29, 1.82) is 0 Å². The molecule has 0 spiro atoms. The molecule has 1 saturated carbocycles. The van der Waals surface area contributed by atoms with Gasteiger partial charge in [0.15, 0.2) is 11.5 Å². The zero-order chi connectivity index (χ0) is 15.4. The predicted molar refractivity (Wildman–Crippen MR) is 84.9 cm³/mol. The molecular weight excluding hydrogens is 264 g/mol. The van der Waals surface area contributed by atoms with Crippen molar-refractivity contribution in [2.24, 2.45) is 17.8 Å². The molecule has 0 aromatic heterocycles. The number of methoxy groups -OCH3 is 2. The second-order valence-electron chi connectivity index (χ2n) is 6.54. The third kappa shape index (κ3) is 3.91. The summed E-state index contributed by atoms with van der Waals surface area (Å²) in [6, 6.07) is 6.06. The number of aliphatic hydroxyl groups excluding tert-OH is 1. The van der Waals surface area contributed by atoms with Crippen LogP contribution >= 0.6 is 0 Å². The Morgan fingerprint density at radius 3 is 2.48 bits per heavy atom. The van der Waals surface area contributed by atoms with Crippen molar-refractivity contribution in [1.82, 2.24) is 0 Å². The van der Waals surface area contributed by atoms with E-state index >= 15 is 0 Å². The fraction of sp³-hybridized carbons (Fsp3) is 0.667. The normalized spacial score (nSPS) is 25.9. The van der Waals surface area contributed by atoms with Crippen LogP contribution in [0.5, 0.6) is 11.5 Å². The average Bonchev–Trinajstić information content (AvgIpc) is 2.49. The van der Waals surface area contributed by atoms with E-state index < -0.39 is 0 Å². The summed E-state index contributed by atoms with van der Waals surface area (Å²) in [5, 5.41) is 10.3. The Morgan fingerprint density at radius 1 is 1.14 bits per heavy atom. The van der Waals surface area contributed by atoms with Crippen molar-refractivity contribution in [3.05, 3.63) is 23.8 Å². The monoisotopic (exact) mass is 292 g/mol. The van der Waals surface area contributed by atoms with Crippen LogP contribution in [0.3, 0.4) is 0 Å². The van der Waals surface area contributed by atoms with Crippen molar-refractivity contribution in [2.45, 2.75) is 45.6 Å². The van der Waals surface area contributed by atoms with Crippen molar-refractivity contribution in [3.63, 3.8) is 0 Å². The van der Waals surface area contributed by atoms with Gasteiger partial charge in [-0.3, -0.25) is 0 Å². The van der Waals surface area contributed by atoms with Gasteiger partial charge in [-0.2, -0.15) is 0 Å². The number of rotatable bonds is 5. The van der Waals surface area contributed by atoms with Gasteiger partial charge in [0, 0.05) is 0 Å². The van der Waals surface area contributed by atoms with Crippen molar-refractivity contribution in [2.75, 3.05) is 14.2 Å². The molecule has 21 heavy (non-hydrogen) atoms. The van der Waals surface area contributed by atoms with Crippen LogP contribution in [-0.2, 0) is 6.42 Å². The van der Waals surface area contributed by atoms with Gasteiger partial charge >= 0.3 is 0 Å². The Bertz CT molecular complexity index is 456. The zero-order valence-electron chi connectivity index (χ0n) is 13.6. The van der Waals surface area contributed by atoms with Crippen LogP contribution in [0.25, 0.3) is 0 Å². The van der Waals surface area contributed by atoms with Gasteiger partial charge in [-0.05, 0) is 61.1 Å². The van der Waals surface area contributed by atoms with Crippen LogP contribution in [0.2, 0.25) is 0 Å². The molecule has 1 aromatic carbocycles. The minimum Gasteiger partial charge on any atom is -0.493 e. The number of hydrogen-bond donors (Lipinski definition) is 1. The van der Waals surface area contributed by atoms with Crippen LogP contribution in [0.1, 0.15) is 38.7 Å². The Labute approximate surface area is 128 Å². The van der Waals surface area contributed by atoms with Gasteiger partial charge in [0.1, 0.15) is 0 Å². The van der Waals surface area contributed by atoms with Gasteiger partial charge in [0.25, 0.3) is 0 Å². The first-order chi connectivity index (χ1) is 10.0. The van der Waals surface area contributed by atoms with Gasteiger partial charge in [-0.15, -0.1) is 0 Å². The molecule has 118 valence electrons. The third-order valence-electron chi connectivity index (χ3n) is 4.87. The lowest BCUT2D eigenvalue weighted by atomic mass is 9.73. The van der Waals surface area contributed by atoms with E-state index in [9.17, 15) is 5.11 Å². The molecule has 1 fully saturated rings. The highest BCUT2D eigenvalue weighted by molar-refractivity contribution is 5.43. The van der Waals surface area contributed by atoms with E-state index in [-0.39, 0.29) is 6.10 Å². The maximum atomic E-state index is 10.3. The molecule has 0 bridgehead atoms. The Kier molecular flexibility index (Phi) is 5.51. The summed E-state index contributed by atoms with van der Waals surface area (Å²) >= 11 is 0. The standard InChI is InChI=1S/C18H28O3/c1-12(2)14-6-7-16(19)15(11-14)9-13-5-8-17(20-3)18(10-13)21-4/h5,8,10,12,14-16,19H,6-7,9,11H2,1-4H3. The zero-order valence-corrected chi connectivity index (χ0v) is 13.6. The highest BCUT2D eigenvalue weighted by atomic mass is 16.5. The molecule has 0 radical (unpaired) electrons. The van der Waals surface area contributed by atoms with E-state index in [0.29, 0.717) is 11.8 Å². The summed E-state index contributed by atoms with van der Waals surface area (Å²) < 4.78 is 10.6. The molecule has 0 amide bonds. The first-order valence-electron chi connectivity index (χ1n) is 7.94. The smallest absolute Gasteiger partial charge is 0.160 e. The topological polar surface area (TPSA) is 38.7 Å². The van der Waals surface area contributed by atoms with Crippen LogP contribution in [0, 0.1) is 17.8 Å². The number of aliphatic hydroxyl groups is 1. The summed E-state index contributed by atoms with van der Waals surface area (Å²) in [4.78, 5) is 0. The van der Waals surface area contributed by atoms with Crippen molar-refractivity contribution in [3.8, 4) is 11.5 Å². The molecule has 0 aliphatic heterocycles. The Balaban J connectivity index is 2.09. The van der Waals surface area contributed by atoms with Crippen LogP contribution in [-0.4, -0.2) is 25.4 Å². The molecule has 3 nitrogen and oxygen atoms in total. The lowest BCUT2D eigenvalue weighted by Gasteiger charge is -2.35.